The van der Waals surface area contributed by atoms with E-state index in [1.807, 2.05) is 0 Å². The molecule has 140 valence electrons. The van der Waals surface area contributed by atoms with Crippen LogP contribution < -0.4 is 0 Å². The Morgan fingerprint density at radius 1 is 0.852 bits per heavy atom. The van der Waals surface area contributed by atoms with Crippen LogP contribution in [0.5, 0.6) is 0 Å². The fourth-order valence-electron chi connectivity index (χ4n) is 2.77. The lowest BCUT2D eigenvalue weighted by Crippen LogP contribution is -2.12. The number of rotatable bonds is 8. The smallest absolute Gasteiger partial charge is 0.335 e. The summed E-state index contributed by atoms with van der Waals surface area (Å²) in [6, 6.07) is 7.36. The van der Waals surface area contributed by atoms with Crippen molar-refractivity contribution in [2.75, 3.05) is 0 Å². The van der Waals surface area contributed by atoms with E-state index in [-0.39, 0.29) is 33.8 Å². The standard InChI is InChI=1S/C20H18O6S/c1-3-5-15-16(6-4-2)18(12-11-17(15)20(23)24)27(25,26)14-9-7-13(8-10-14)19(21)22/h3-4,7-12H,1-2,5-6H2,(H,21,22)(H,23,24). The van der Waals surface area contributed by atoms with Crippen molar-refractivity contribution in [2.45, 2.75) is 22.6 Å². The van der Waals surface area contributed by atoms with Gasteiger partial charge in [0, 0.05) is 0 Å². The lowest BCUT2D eigenvalue weighted by molar-refractivity contribution is 0.0685. The summed E-state index contributed by atoms with van der Waals surface area (Å²) < 4.78 is 26.2. The van der Waals surface area contributed by atoms with Gasteiger partial charge in [0.15, 0.2) is 0 Å². The largest absolute Gasteiger partial charge is 0.478 e. The van der Waals surface area contributed by atoms with Crippen molar-refractivity contribution < 1.29 is 28.2 Å². The van der Waals surface area contributed by atoms with Crippen molar-refractivity contribution in [1.29, 1.82) is 0 Å². The first kappa shape index (κ1) is 20.1. The summed E-state index contributed by atoms with van der Waals surface area (Å²) in [6.45, 7) is 7.24. The SMILES string of the molecule is C=CCc1c(C(=O)O)ccc(S(=O)(=O)c2ccc(C(=O)O)cc2)c1CC=C. The summed E-state index contributed by atoms with van der Waals surface area (Å²) in [6.07, 6.45) is 3.35. The topological polar surface area (TPSA) is 109 Å². The maximum absolute atomic E-state index is 13.1. The van der Waals surface area contributed by atoms with Crippen LogP contribution in [0, 0.1) is 0 Å². The molecule has 0 spiro atoms. The number of hydrogen-bond acceptors (Lipinski definition) is 4. The molecule has 0 radical (unpaired) electrons. The quantitative estimate of drug-likeness (QED) is 0.673. The number of aromatic carboxylic acids is 2. The second-order valence-corrected chi connectivity index (χ2v) is 7.61. The Labute approximate surface area is 157 Å². The zero-order valence-electron chi connectivity index (χ0n) is 14.4. The zero-order chi connectivity index (χ0) is 20.2. The summed E-state index contributed by atoms with van der Waals surface area (Å²) >= 11 is 0. The summed E-state index contributed by atoms with van der Waals surface area (Å²) in [5, 5.41) is 18.4. The number of sulfone groups is 1. The third-order valence-electron chi connectivity index (χ3n) is 4.02. The molecule has 0 aliphatic heterocycles. The van der Waals surface area contributed by atoms with Crippen molar-refractivity contribution in [2.24, 2.45) is 0 Å². The molecule has 0 bridgehead atoms. The summed E-state index contributed by atoms with van der Waals surface area (Å²) in [5.41, 5.74) is 0.675. The summed E-state index contributed by atoms with van der Waals surface area (Å²) in [7, 11) is -3.99. The molecule has 2 N–H and O–H groups in total. The van der Waals surface area contributed by atoms with E-state index in [9.17, 15) is 23.1 Å². The molecule has 0 heterocycles. The van der Waals surface area contributed by atoms with E-state index in [0.717, 1.165) is 0 Å². The predicted octanol–water partition coefficient (Wildman–Crippen LogP) is 3.37. The van der Waals surface area contributed by atoms with E-state index in [1.165, 1.54) is 48.6 Å². The maximum Gasteiger partial charge on any atom is 0.335 e. The first-order valence-corrected chi connectivity index (χ1v) is 9.40. The van der Waals surface area contributed by atoms with Crippen molar-refractivity contribution in [3.05, 3.63) is 84.0 Å². The predicted molar refractivity (Wildman–Crippen MR) is 100 cm³/mol. The monoisotopic (exact) mass is 386 g/mol. The molecule has 0 saturated heterocycles. The molecule has 2 aromatic rings. The first-order valence-electron chi connectivity index (χ1n) is 7.92. The average Bonchev–Trinajstić information content (AvgIpc) is 2.63. The van der Waals surface area contributed by atoms with Gasteiger partial charge in [-0.25, -0.2) is 18.0 Å². The van der Waals surface area contributed by atoms with E-state index in [1.54, 1.807) is 0 Å². The van der Waals surface area contributed by atoms with Crippen LogP contribution in [0.2, 0.25) is 0 Å². The van der Waals surface area contributed by atoms with Gasteiger partial charge in [-0.15, -0.1) is 13.2 Å². The normalized spacial score (nSPS) is 11.0. The number of benzene rings is 2. The highest BCUT2D eigenvalue weighted by Crippen LogP contribution is 2.30. The highest BCUT2D eigenvalue weighted by molar-refractivity contribution is 7.91. The number of hydrogen-bond donors (Lipinski definition) is 2. The van der Waals surface area contributed by atoms with E-state index in [4.69, 9.17) is 5.11 Å². The Morgan fingerprint density at radius 3 is 1.89 bits per heavy atom. The van der Waals surface area contributed by atoms with Crippen molar-refractivity contribution in [1.82, 2.24) is 0 Å². The third kappa shape index (κ3) is 3.98. The number of carboxylic acids is 2. The van der Waals surface area contributed by atoms with Gasteiger partial charge in [0.05, 0.1) is 20.9 Å². The Hall–Kier alpha value is -3.19. The zero-order valence-corrected chi connectivity index (χ0v) is 15.2. The highest BCUT2D eigenvalue weighted by Gasteiger charge is 2.25. The van der Waals surface area contributed by atoms with E-state index in [2.05, 4.69) is 13.2 Å². The molecule has 6 nitrogen and oxygen atoms in total. The molecule has 2 aromatic carbocycles. The molecule has 0 unspecified atom stereocenters. The van der Waals surface area contributed by atoms with Gasteiger partial charge >= 0.3 is 11.9 Å². The average molecular weight is 386 g/mol. The van der Waals surface area contributed by atoms with Crippen molar-refractivity contribution in [3.63, 3.8) is 0 Å². The Bertz CT molecular complexity index is 1020. The molecule has 0 amide bonds. The van der Waals surface area contributed by atoms with Gasteiger partial charge in [-0.2, -0.15) is 0 Å². The van der Waals surface area contributed by atoms with Crippen LogP contribution in [0.1, 0.15) is 31.8 Å². The molecule has 0 aliphatic carbocycles. The van der Waals surface area contributed by atoms with Gasteiger partial charge in [-0.1, -0.05) is 12.2 Å². The number of carbonyl (C=O) groups is 2. The van der Waals surface area contributed by atoms with Crippen LogP contribution in [0.4, 0.5) is 0 Å². The lowest BCUT2D eigenvalue weighted by atomic mass is 9.96. The van der Waals surface area contributed by atoms with Crippen molar-refractivity contribution in [3.8, 4) is 0 Å². The Kier molecular flexibility index (Phi) is 5.97. The van der Waals surface area contributed by atoms with E-state index < -0.39 is 21.8 Å². The molecular weight excluding hydrogens is 368 g/mol. The minimum atomic E-state index is -3.99. The highest BCUT2D eigenvalue weighted by atomic mass is 32.2. The molecule has 0 saturated carbocycles. The number of allylic oxidation sites excluding steroid dienone is 2. The van der Waals surface area contributed by atoms with E-state index in [0.29, 0.717) is 11.1 Å². The summed E-state index contributed by atoms with van der Waals surface area (Å²) in [4.78, 5) is 22.4. The third-order valence-corrected chi connectivity index (χ3v) is 5.87. The molecule has 2 rings (SSSR count). The van der Waals surface area contributed by atoms with Crippen LogP contribution in [0.15, 0.2) is 71.5 Å². The van der Waals surface area contributed by atoms with Crippen LogP contribution in [-0.4, -0.2) is 30.6 Å². The van der Waals surface area contributed by atoms with Gasteiger partial charge in [0.25, 0.3) is 0 Å². The minimum Gasteiger partial charge on any atom is -0.478 e. The minimum absolute atomic E-state index is 0.00641. The molecule has 27 heavy (non-hydrogen) atoms. The first-order chi connectivity index (χ1) is 12.7. The van der Waals surface area contributed by atoms with Crippen LogP contribution in [-0.2, 0) is 22.7 Å². The second kappa shape index (κ2) is 8.01. The van der Waals surface area contributed by atoms with Crippen LogP contribution in [0.25, 0.3) is 0 Å². The second-order valence-electron chi connectivity index (χ2n) is 5.69. The fraction of sp³-hybridized carbons (Fsp3) is 0.100. The molecular formula is C20H18O6S. The van der Waals surface area contributed by atoms with Gasteiger partial charge in [-0.3, -0.25) is 0 Å². The molecule has 0 aliphatic rings. The van der Waals surface area contributed by atoms with Gasteiger partial charge in [0.2, 0.25) is 9.84 Å². The number of carboxylic acid groups (broad SMARTS) is 2. The van der Waals surface area contributed by atoms with Crippen LogP contribution in [0.3, 0.4) is 0 Å². The molecule has 0 fully saturated rings. The van der Waals surface area contributed by atoms with Gasteiger partial charge in [0.1, 0.15) is 0 Å². The molecule has 7 heteroatoms. The molecule has 0 atom stereocenters. The van der Waals surface area contributed by atoms with Gasteiger partial charge in [-0.05, 0) is 60.4 Å². The van der Waals surface area contributed by atoms with Crippen molar-refractivity contribution >= 4 is 21.8 Å². The van der Waals surface area contributed by atoms with E-state index >= 15 is 0 Å². The van der Waals surface area contributed by atoms with Gasteiger partial charge < -0.3 is 10.2 Å². The summed E-state index contributed by atoms with van der Waals surface area (Å²) in [5.74, 6) is -2.32. The Morgan fingerprint density at radius 2 is 1.41 bits per heavy atom. The Balaban J connectivity index is 2.73. The van der Waals surface area contributed by atoms with Crippen LogP contribution >= 0.6 is 0 Å². The molecule has 0 aromatic heterocycles. The fourth-order valence-corrected chi connectivity index (χ4v) is 4.30. The maximum atomic E-state index is 13.1. The lowest BCUT2D eigenvalue weighted by Gasteiger charge is -2.16.